The van der Waals surface area contributed by atoms with E-state index in [2.05, 4.69) is 25.8 Å². The summed E-state index contributed by atoms with van der Waals surface area (Å²) in [6.07, 6.45) is 15.0. The summed E-state index contributed by atoms with van der Waals surface area (Å²) in [6, 6.07) is 0. The van der Waals surface area contributed by atoms with Gasteiger partial charge in [-0.25, -0.2) is 0 Å². The molecule has 0 amide bonds. The molecule has 0 heterocycles. The van der Waals surface area contributed by atoms with Crippen LogP contribution in [0.25, 0.3) is 0 Å². The number of rotatable bonds is 1. The summed E-state index contributed by atoms with van der Waals surface area (Å²) in [5.74, 6) is 4.89. The molecule has 0 aliphatic heterocycles. The van der Waals surface area contributed by atoms with Crippen LogP contribution in [0.5, 0.6) is 0 Å². The summed E-state index contributed by atoms with van der Waals surface area (Å²) in [5.41, 5.74) is 2.68. The van der Waals surface area contributed by atoms with Crippen LogP contribution in [-0.4, -0.2) is 12.8 Å². The van der Waals surface area contributed by atoms with Crippen LogP contribution >= 0.6 is 0 Å². The summed E-state index contributed by atoms with van der Waals surface area (Å²) in [4.78, 5) is 4.61. The zero-order valence-electron chi connectivity index (χ0n) is 17.9. The van der Waals surface area contributed by atoms with Gasteiger partial charge in [-0.15, -0.1) is 0 Å². The third-order valence-electron chi connectivity index (χ3n) is 9.44. The van der Waals surface area contributed by atoms with Crippen molar-refractivity contribution in [3.63, 3.8) is 0 Å². The Hall–Kier alpha value is -0.330. The van der Waals surface area contributed by atoms with E-state index < -0.39 is 0 Å². The highest BCUT2D eigenvalue weighted by molar-refractivity contribution is 5.85. The van der Waals surface area contributed by atoms with Gasteiger partial charge in [0.1, 0.15) is 0 Å². The molecule has 4 aliphatic carbocycles. The van der Waals surface area contributed by atoms with Crippen molar-refractivity contribution in [3.05, 3.63) is 0 Å². The molecule has 4 saturated carbocycles. The van der Waals surface area contributed by atoms with Crippen LogP contribution in [0.15, 0.2) is 4.99 Å². The molecule has 7 atom stereocenters. The average molecular weight is 346 g/mol. The van der Waals surface area contributed by atoms with Crippen LogP contribution in [0, 0.1) is 40.4 Å². The lowest BCUT2D eigenvalue weighted by molar-refractivity contribution is -0.106. The maximum atomic E-state index is 4.61. The first-order valence-corrected chi connectivity index (χ1v) is 11.4. The second-order valence-corrected chi connectivity index (χ2v) is 9.94. The van der Waals surface area contributed by atoms with E-state index in [-0.39, 0.29) is 0 Å². The molecule has 0 aromatic carbocycles. The lowest BCUT2D eigenvalue weighted by Crippen LogP contribution is -2.53. The number of hydrogen-bond acceptors (Lipinski definition) is 1. The van der Waals surface area contributed by atoms with E-state index in [4.69, 9.17) is 0 Å². The molecule has 0 saturated heterocycles. The SMILES string of the molecule is CC.CN=C(C)C1CCC2C3CCC4CCCCC4(C)C3CCC12C. The van der Waals surface area contributed by atoms with E-state index in [9.17, 15) is 0 Å². The van der Waals surface area contributed by atoms with Gasteiger partial charge in [0.2, 0.25) is 0 Å². The first-order chi connectivity index (χ1) is 12.0. The van der Waals surface area contributed by atoms with E-state index in [0.29, 0.717) is 10.8 Å². The Morgan fingerprint density at radius 1 is 0.800 bits per heavy atom. The molecule has 0 aromatic rings. The smallest absolute Gasteiger partial charge is 0.0276 e. The first-order valence-electron chi connectivity index (χ1n) is 11.4. The number of fused-ring (bicyclic) bond motifs is 5. The standard InChI is InChI=1S/C22H37N.C2H6/c1-15(23-4)18-10-11-19-17-9-8-16-7-5-6-13-21(16,2)20(17)12-14-22(18,19)3;1-2/h16-20H,5-14H2,1-4H3;1-2H3. The van der Waals surface area contributed by atoms with Crippen molar-refractivity contribution in [1.29, 1.82) is 0 Å². The summed E-state index contributed by atoms with van der Waals surface area (Å²) in [6.45, 7) is 11.6. The normalized spacial score (nSPS) is 49.4. The van der Waals surface area contributed by atoms with Gasteiger partial charge < -0.3 is 0 Å². The predicted molar refractivity (Wildman–Crippen MR) is 110 cm³/mol. The maximum absolute atomic E-state index is 4.61. The fraction of sp³-hybridized carbons (Fsp3) is 0.958. The molecule has 0 radical (unpaired) electrons. The van der Waals surface area contributed by atoms with E-state index in [1.807, 2.05) is 20.9 Å². The Morgan fingerprint density at radius 2 is 1.52 bits per heavy atom. The van der Waals surface area contributed by atoms with Gasteiger partial charge in [-0.1, -0.05) is 40.5 Å². The molecule has 1 nitrogen and oxygen atoms in total. The molecule has 4 fully saturated rings. The van der Waals surface area contributed by atoms with Gasteiger partial charge in [0.15, 0.2) is 0 Å². The minimum Gasteiger partial charge on any atom is -0.297 e. The fourth-order valence-corrected chi connectivity index (χ4v) is 8.14. The van der Waals surface area contributed by atoms with Crippen LogP contribution in [0.2, 0.25) is 0 Å². The van der Waals surface area contributed by atoms with Crippen molar-refractivity contribution >= 4 is 5.71 Å². The molecule has 0 aromatic heterocycles. The number of hydrogen-bond donors (Lipinski definition) is 0. The molecule has 0 spiro atoms. The Kier molecular flexibility index (Phi) is 5.72. The Labute approximate surface area is 157 Å². The largest absolute Gasteiger partial charge is 0.297 e. The fourth-order valence-electron chi connectivity index (χ4n) is 8.14. The summed E-state index contributed by atoms with van der Waals surface area (Å²) >= 11 is 0. The van der Waals surface area contributed by atoms with E-state index in [1.54, 1.807) is 6.42 Å². The molecule has 0 bridgehead atoms. The predicted octanol–water partition coefficient (Wildman–Crippen LogP) is 7.15. The van der Waals surface area contributed by atoms with E-state index in [1.165, 1.54) is 63.5 Å². The Bertz CT molecular complexity index is 494. The minimum absolute atomic E-state index is 0.558. The van der Waals surface area contributed by atoms with Crippen molar-refractivity contribution in [3.8, 4) is 0 Å². The van der Waals surface area contributed by atoms with Crippen molar-refractivity contribution in [2.24, 2.45) is 45.4 Å². The van der Waals surface area contributed by atoms with Crippen LogP contribution in [0.4, 0.5) is 0 Å². The van der Waals surface area contributed by atoms with E-state index in [0.717, 1.165) is 29.6 Å². The van der Waals surface area contributed by atoms with Crippen LogP contribution < -0.4 is 0 Å². The molecule has 25 heavy (non-hydrogen) atoms. The highest BCUT2D eigenvalue weighted by atomic mass is 14.7. The quantitative estimate of drug-likeness (QED) is 0.447. The van der Waals surface area contributed by atoms with Gasteiger partial charge >= 0.3 is 0 Å². The van der Waals surface area contributed by atoms with Crippen molar-refractivity contribution in [1.82, 2.24) is 0 Å². The zero-order valence-corrected chi connectivity index (χ0v) is 17.9. The molecule has 144 valence electrons. The van der Waals surface area contributed by atoms with Gasteiger partial charge in [-0.3, -0.25) is 4.99 Å². The number of aliphatic imine (C=N–C) groups is 1. The maximum Gasteiger partial charge on any atom is 0.0276 e. The van der Waals surface area contributed by atoms with E-state index >= 15 is 0 Å². The molecule has 4 rings (SSSR count). The summed E-state index contributed by atoms with van der Waals surface area (Å²) < 4.78 is 0. The molecule has 4 aliphatic rings. The lowest BCUT2D eigenvalue weighted by atomic mass is 9.45. The third kappa shape index (κ3) is 2.92. The molecule has 1 heteroatoms. The topological polar surface area (TPSA) is 12.4 Å². The van der Waals surface area contributed by atoms with Gasteiger partial charge in [0.05, 0.1) is 0 Å². The molecule has 0 N–H and O–H groups in total. The lowest BCUT2D eigenvalue weighted by Gasteiger charge is -2.60. The second-order valence-electron chi connectivity index (χ2n) is 9.94. The zero-order chi connectivity index (χ0) is 18.2. The molecular weight excluding hydrogens is 302 g/mol. The monoisotopic (exact) mass is 345 g/mol. The van der Waals surface area contributed by atoms with Crippen LogP contribution in [0.3, 0.4) is 0 Å². The van der Waals surface area contributed by atoms with Gasteiger partial charge in [-0.2, -0.15) is 0 Å². The molecule has 7 unspecified atom stereocenters. The molecular formula is C24H43N. The van der Waals surface area contributed by atoms with Crippen molar-refractivity contribution in [2.75, 3.05) is 7.05 Å². The first kappa shape index (κ1) is 19.4. The summed E-state index contributed by atoms with van der Waals surface area (Å²) in [7, 11) is 2.01. The third-order valence-corrected chi connectivity index (χ3v) is 9.44. The summed E-state index contributed by atoms with van der Waals surface area (Å²) in [5, 5.41) is 0. The van der Waals surface area contributed by atoms with Crippen molar-refractivity contribution in [2.45, 2.75) is 98.8 Å². The van der Waals surface area contributed by atoms with Gasteiger partial charge in [-0.05, 0) is 92.8 Å². The van der Waals surface area contributed by atoms with Gasteiger partial charge in [0, 0.05) is 18.7 Å². The van der Waals surface area contributed by atoms with Gasteiger partial charge in [0.25, 0.3) is 0 Å². The van der Waals surface area contributed by atoms with Crippen LogP contribution in [0.1, 0.15) is 98.8 Å². The highest BCUT2D eigenvalue weighted by Gasteiger charge is 2.59. The highest BCUT2D eigenvalue weighted by Crippen LogP contribution is 2.67. The number of nitrogens with zero attached hydrogens (tertiary/aromatic N) is 1. The minimum atomic E-state index is 0.558. The van der Waals surface area contributed by atoms with Crippen LogP contribution in [-0.2, 0) is 0 Å². The average Bonchev–Trinajstić information content (AvgIpc) is 2.99. The Morgan fingerprint density at radius 3 is 2.24 bits per heavy atom. The van der Waals surface area contributed by atoms with Crippen molar-refractivity contribution < 1.29 is 0 Å². The second kappa shape index (κ2) is 7.35. The Balaban J connectivity index is 0.000000880.